The van der Waals surface area contributed by atoms with Crippen molar-refractivity contribution in [3.63, 3.8) is 0 Å². The minimum absolute atomic E-state index is 0.155. The molecule has 0 aliphatic carbocycles. The van der Waals surface area contributed by atoms with E-state index in [1.807, 2.05) is 30.3 Å². The number of halogens is 1. The number of hydrogen-bond acceptors (Lipinski definition) is 3. The number of epoxide rings is 1. The van der Waals surface area contributed by atoms with Crippen LogP contribution in [0.3, 0.4) is 0 Å². The third-order valence-corrected chi connectivity index (χ3v) is 3.89. The minimum atomic E-state index is -1.15. The average Bonchev–Trinajstić information content (AvgIpc) is 3.38. The summed E-state index contributed by atoms with van der Waals surface area (Å²) in [5.74, 6) is -0.269. The Balaban J connectivity index is 1.80. The molecule has 0 saturated carbocycles. The summed E-state index contributed by atoms with van der Waals surface area (Å²) in [6.45, 7) is 2.52. The maximum Gasteiger partial charge on any atom is 0.412 e. The van der Waals surface area contributed by atoms with Crippen LogP contribution in [-0.4, -0.2) is 30.0 Å². The molecule has 2 atom stereocenters. The van der Waals surface area contributed by atoms with Crippen LogP contribution in [0, 0.1) is 5.82 Å². The number of benzene rings is 2. The summed E-state index contributed by atoms with van der Waals surface area (Å²) in [6.07, 6.45) is -1.31. The summed E-state index contributed by atoms with van der Waals surface area (Å²) < 4.78 is 24.7. The molecule has 6 heteroatoms. The Morgan fingerprint density at radius 1 is 1.38 bits per heavy atom. The molecule has 1 fully saturated rings. The van der Waals surface area contributed by atoms with E-state index in [1.54, 1.807) is 6.92 Å². The van der Waals surface area contributed by atoms with Gasteiger partial charge in [0.05, 0.1) is 18.3 Å². The molecule has 1 heterocycles. The quantitative estimate of drug-likeness (QED) is 0.820. The van der Waals surface area contributed by atoms with Crippen LogP contribution in [0.1, 0.15) is 12.5 Å². The Morgan fingerprint density at radius 2 is 2.08 bits per heavy atom. The zero-order valence-corrected chi connectivity index (χ0v) is 13.2. The van der Waals surface area contributed by atoms with Crippen LogP contribution in [-0.2, 0) is 11.3 Å². The van der Waals surface area contributed by atoms with Gasteiger partial charge in [-0.25, -0.2) is 9.18 Å². The summed E-state index contributed by atoms with van der Waals surface area (Å²) in [7, 11) is 0. The van der Waals surface area contributed by atoms with Gasteiger partial charge in [-0.1, -0.05) is 30.3 Å². The SMILES string of the molecule is CC([C@H]1CO1)N(C(=O)O)c1cc(F)cc(OCc2ccccc2)c1. The molecule has 2 aromatic carbocycles. The number of carboxylic acid groups (broad SMARTS) is 1. The third kappa shape index (κ3) is 3.83. The monoisotopic (exact) mass is 331 g/mol. The Kier molecular flexibility index (Phi) is 4.66. The molecule has 24 heavy (non-hydrogen) atoms. The van der Waals surface area contributed by atoms with Gasteiger partial charge in [-0.2, -0.15) is 0 Å². The molecule has 1 N–H and O–H groups in total. The average molecular weight is 331 g/mol. The van der Waals surface area contributed by atoms with Crippen molar-refractivity contribution < 1.29 is 23.8 Å². The summed E-state index contributed by atoms with van der Waals surface area (Å²) in [4.78, 5) is 12.7. The molecule has 1 amide bonds. The lowest BCUT2D eigenvalue weighted by molar-refractivity contribution is 0.197. The van der Waals surface area contributed by atoms with E-state index in [0.717, 1.165) is 10.5 Å². The lowest BCUT2D eigenvalue weighted by Crippen LogP contribution is -2.41. The normalized spacial score (nSPS) is 17.2. The van der Waals surface area contributed by atoms with Gasteiger partial charge in [-0.15, -0.1) is 0 Å². The first-order chi connectivity index (χ1) is 11.5. The maximum absolute atomic E-state index is 13.9. The first-order valence-electron chi connectivity index (χ1n) is 7.65. The lowest BCUT2D eigenvalue weighted by atomic mass is 10.2. The van der Waals surface area contributed by atoms with E-state index in [1.165, 1.54) is 18.2 Å². The Morgan fingerprint density at radius 3 is 2.71 bits per heavy atom. The zero-order valence-electron chi connectivity index (χ0n) is 13.2. The largest absolute Gasteiger partial charge is 0.489 e. The van der Waals surface area contributed by atoms with Crippen LogP contribution in [0.15, 0.2) is 48.5 Å². The van der Waals surface area contributed by atoms with Crippen molar-refractivity contribution in [2.24, 2.45) is 0 Å². The number of amides is 1. The Labute approximate surface area is 139 Å². The molecule has 1 aliphatic rings. The van der Waals surface area contributed by atoms with Crippen molar-refractivity contribution in [2.45, 2.75) is 25.7 Å². The van der Waals surface area contributed by atoms with Crippen molar-refractivity contribution in [1.29, 1.82) is 0 Å². The number of hydrogen-bond donors (Lipinski definition) is 1. The van der Waals surface area contributed by atoms with Gasteiger partial charge in [0, 0.05) is 12.1 Å². The van der Waals surface area contributed by atoms with Crippen molar-refractivity contribution in [3.05, 3.63) is 59.9 Å². The molecular weight excluding hydrogens is 313 g/mol. The van der Waals surface area contributed by atoms with E-state index in [4.69, 9.17) is 9.47 Å². The fourth-order valence-corrected chi connectivity index (χ4v) is 2.53. The molecule has 0 bridgehead atoms. The first-order valence-corrected chi connectivity index (χ1v) is 7.65. The minimum Gasteiger partial charge on any atom is -0.489 e. The third-order valence-electron chi connectivity index (χ3n) is 3.89. The molecule has 0 aromatic heterocycles. The second-order valence-corrected chi connectivity index (χ2v) is 5.68. The Hall–Kier alpha value is -2.60. The van der Waals surface area contributed by atoms with Crippen molar-refractivity contribution in [2.75, 3.05) is 11.5 Å². The van der Waals surface area contributed by atoms with E-state index in [-0.39, 0.29) is 24.1 Å². The molecule has 0 radical (unpaired) electrons. The molecular formula is C18H18FNO4. The van der Waals surface area contributed by atoms with Gasteiger partial charge >= 0.3 is 6.09 Å². The van der Waals surface area contributed by atoms with Crippen LogP contribution >= 0.6 is 0 Å². The summed E-state index contributed by atoms with van der Waals surface area (Å²) in [6, 6.07) is 13.0. The second kappa shape index (κ2) is 6.88. The van der Waals surface area contributed by atoms with E-state index in [0.29, 0.717) is 6.61 Å². The fraction of sp³-hybridized carbons (Fsp3) is 0.278. The highest BCUT2D eigenvalue weighted by molar-refractivity contribution is 5.87. The van der Waals surface area contributed by atoms with Crippen LogP contribution in [0.5, 0.6) is 5.75 Å². The van der Waals surface area contributed by atoms with E-state index in [2.05, 4.69) is 0 Å². The fourth-order valence-electron chi connectivity index (χ4n) is 2.53. The second-order valence-electron chi connectivity index (χ2n) is 5.68. The van der Waals surface area contributed by atoms with Gasteiger partial charge < -0.3 is 14.6 Å². The van der Waals surface area contributed by atoms with Gasteiger partial charge in [0.25, 0.3) is 0 Å². The molecule has 3 rings (SSSR count). The van der Waals surface area contributed by atoms with Crippen molar-refractivity contribution >= 4 is 11.8 Å². The van der Waals surface area contributed by atoms with Crippen molar-refractivity contribution in [1.82, 2.24) is 0 Å². The topological polar surface area (TPSA) is 62.3 Å². The molecule has 0 spiro atoms. The predicted molar refractivity (Wildman–Crippen MR) is 86.9 cm³/mol. The summed E-state index contributed by atoms with van der Waals surface area (Å²) >= 11 is 0. The molecule has 1 aliphatic heterocycles. The maximum atomic E-state index is 13.9. The molecule has 126 valence electrons. The highest BCUT2D eigenvalue weighted by atomic mass is 19.1. The van der Waals surface area contributed by atoms with Crippen LogP contribution in [0.2, 0.25) is 0 Å². The molecule has 1 unspecified atom stereocenters. The molecule has 5 nitrogen and oxygen atoms in total. The number of rotatable bonds is 6. The first kappa shape index (κ1) is 16.3. The lowest BCUT2D eigenvalue weighted by Gasteiger charge is -2.25. The zero-order chi connectivity index (χ0) is 17.1. The summed E-state index contributed by atoms with van der Waals surface area (Å²) in [5.41, 5.74) is 1.17. The van der Waals surface area contributed by atoms with Crippen LogP contribution < -0.4 is 9.64 Å². The van der Waals surface area contributed by atoms with Gasteiger partial charge in [0.15, 0.2) is 0 Å². The smallest absolute Gasteiger partial charge is 0.412 e. The van der Waals surface area contributed by atoms with E-state index < -0.39 is 18.0 Å². The Bertz CT molecular complexity index is 718. The van der Waals surface area contributed by atoms with E-state index in [9.17, 15) is 14.3 Å². The van der Waals surface area contributed by atoms with Gasteiger partial charge in [0.2, 0.25) is 0 Å². The van der Waals surface area contributed by atoms with Gasteiger partial charge in [0.1, 0.15) is 24.3 Å². The molecule has 2 aromatic rings. The summed E-state index contributed by atoms with van der Waals surface area (Å²) in [5, 5.41) is 9.47. The standard InChI is InChI=1S/C18H18FNO4/c1-12(17-11-24-17)20(18(21)22)15-7-14(19)8-16(9-15)23-10-13-5-3-2-4-6-13/h2-9,12,17H,10-11H2,1H3,(H,21,22)/t12?,17-/m1/s1. The van der Waals surface area contributed by atoms with Gasteiger partial charge in [-0.3, -0.25) is 4.90 Å². The number of carbonyl (C=O) groups is 1. The van der Waals surface area contributed by atoms with E-state index >= 15 is 0 Å². The van der Waals surface area contributed by atoms with Crippen LogP contribution in [0.25, 0.3) is 0 Å². The van der Waals surface area contributed by atoms with Crippen LogP contribution in [0.4, 0.5) is 14.9 Å². The van der Waals surface area contributed by atoms with Crippen molar-refractivity contribution in [3.8, 4) is 5.75 Å². The highest BCUT2D eigenvalue weighted by Crippen LogP contribution is 2.29. The predicted octanol–water partition coefficient (Wildman–Crippen LogP) is 3.68. The number of anilines is 1. The number of nitrogens with zero attached hydrogens (tertiary/aromatic N) is 1. The van der Waals surface area contributed by atoms with Gasteiger partial charge in [-0.05, 0) is 18.6 Å². The number of ether oxygens (including phenoxy) is 2. The highest BCUT2D eigenvalue weighted by Gasteiger charge is 2.37. The molecule has 1 saturated heterocycles.